The molecular formula is C31H35N5O5. The van der Waals surface area contributed by atoms with E-state index in [0.29, 0.717) is 36.8 Å². The second-order valence-corrected chi connectivity index (χ2v) is 11.0. The highest BCUT2D eigenvalue weighted by Gasteiger charge is 2.56. The van der Waals surface area contributed by atoms with Crippen molar-refractivity contribution >= 4 is 34.7 Å². The average Bonchev–Trinajstić information content (AvgIpc) is 2.96. The number of hydrogen-bond donors (Lipinski definition) is 3. The van der Waals surface area contributed by atoms with Crippen molar-refractivity contribution in [2.24, 2.45) is 11.3 Å². The van der Waals surface area contributed by atoms with Crippen LogP contribution in [-0.4, -0.2) is 59.3 Å². The zero-order valence-electron chi connectivity index (χ0n) is 23.5. The van der Waals surface area contributed by atoms with Crippen LogP contribution in [0.1, 0.15) is 48.3 Å². The predicted octanol–water partition coefficient (Wildman–Crippen LogP) is 3.32. The Hall–Kier alpha value is -4.31. The minimum Gasteiger partial charge on any atom is -0.489 e. The normalized spacial score (nSPS) is 17.8. The predicted molar refractivity (Wildman–Crippen MR) is 153 cm³/mol. The Labute approximate surface area is 238 Å². The van der Waals surface area contributed by atoms with Crippen LogP contribution in [0.15, 0.2) is 54.6 Å². The van der Waals surface area contributed by atoms with Gasteiger partial charge in [-0.2, -0.15) is 0 Å². The van der Waals surface area contributed by atoms with E-state index in [9.17, 15) is 19.2 Å². The largest absolute Gasteiger partial charge is 0.489 e. The summed E-state index contributed by atoms with van der Waals surface area (Å²) in [4.78, 5) is 58.1. The standard InChI is InChI=1S/C31H35N5O5/c1-19(2)36-14-12-23(13-15-36)31(28(38)34-30(40)35-29(31)39)18-32-27(37)21-8-10-24(11-9-21)41-17-22-16-20(3)33-26-7-5-4-6-25(22)26/h4-11,16,19,23H,12-15,17-18H2,1-3H3,(H,32,37)(H2,34,35,38,39,40). The molecule has 0 atom stereocenters. The molecule has 2 fully saturated rings. The molecule has 0 unspecified atom stereocenters. The summed E-state index contributed by atoms with van der Waals surface area (Å²) < 4.78 is 6.00. The number of carbonyl (C=O) groups is 4. The number of aromatic nitrogens is 1. The third-order valence-electron chi connectivity index (χ3n) is 8.19. The molecule has 3 aromatic rings. The van der Waals surface area contributed by atoms with Gasteiger partial charge in [-0.15, -0.1) is 0 Å². The molecule has 2 aliphatic rings. The second kappa shape index (κ2) is 11.7. The molecule has 0 saturated carbocycles. The zero-order chi connectivity index (χ0) is 29.1. The summed E-state index contributed by atoms with van der Waals surface area (Å²) in [5.74, 6) is -1.49. The molecule has 1 aromatic heterocycles. The highest BCUT2D eigenvalue weighted by molar-refractivity contribution is 6.19. The van der Waals surface area contributed by atoms with E-state index in [1.807, 2.05) is 37.3 Å². The summed E-state index contributed by atoms with van der Waals surface area (Å²) in [6, 6.07) is 16.1. The number of aryl methyl sites for hydroxylation is 1. The number of fused-ring (bicyclic) bond motifs is 1. The topological polar surface area (TPSA) is 130 Å². The molecule has 41 heavy (non-hydrogen) atoms. The smallest absolute Gasteiger partial charge is 0.328 e. The van der Waals surface area contributed by atoms with Gasteiger partial charge in [0.2, 0.25) is 11.8 Å². The van der Waals surface area contributed by atoms with E-state index < -0.39 is 29.2 Å². The van der Waals surface area contributed by atoms with Crippen LogP contribution in [0.25, 0.3) is 10.9 Å². The number of barbiturate groups is 1. The van der Waals surface area contributed by atoms with Gasteiger partial charge in [0.1, 0.15) is 17.8 Å². The van der Waals surface area contributed by atoms with E-state index in [4.69, 9.17) is 4.74 Å². The molecule has 2 saturated heterocycles. The Kier molecular flexibility index (Phi) is 8.03. The number of likely N-dealkylation sites (tertiary alicyclic amines) is 1. The maximum atomic E-state index is 13.2. The molecular weight excluding hydrogens is 522 g/mol. The van der Waals surface area contributed by atoms with Crippen molar-refractivity contribution in [2.45, 2.75) is 46.3 Å². The summed E-state index contributed by atoms with van der Waals surface area (Å²) in [6.07, 6.45) is 1.20. The SMILES string of the molecule is Cc1cc(COc2ccc(C(=O)NCC3(C4CCN(C(C)C)CC4)C(=O)NC(=O)NC3=O)cc2)c2ccccc2n1. The number of piperidine rings is 1. The van der Waals surface area contributed by atoms with Crippen LogP contribution in [0.3, 0.4) is 0 Å². The van der Waals surface area contributed by atoms with E-state index in [1.54, 1.807) is 24.3 Å². The van der Waals surface area contributed by atoms with Gasteiger partial charge >= 0.3 is 6.03 Å². The fourth-order valence-electron chi connectivity index (χ4n) is 5.85. The number of nitrogens with zero attached hydrogens (tertiary/aromatic N) is 2. The molecule has 10 heteroatoms. The van der Waals surface area contributed by atoms with Crippen LogP contribution in [0, 0.1) is 18.3 Å². The number of imide groups is 2. The quantitative estimate of drug-likeness (QED) is 0.362. The van der Waals surface area contributed by atoms with Crippen LogP contribution in [0.2, 0.25) is 0 Å². The number of urea groups is 1. The van der Waals surface area contributed by atoms with Crippen LogP contribution < -0.4 is 20.7 Å². The lowest BCUT2D eigenvalue weighted by molar-refractivity contribution is -0.149. The van der Waals surface area contributed by atoms with Gasteiger partial charge in [-0.1, -0.05) is 18.2 Å². The van der Waals surface area contributed by atoms with Crippen molar-refractivity contribution < 1.29 is 23.9 Å². The number of hydrogen-bond acceptors (Lipinski definition) is 7. The second-order valence-electron chi connectivity index (χ2n) is 11.0. The average molecular weight is 558 g/mol. The first-order valence-corrected chi connectivity index (χ1v) is 13.9. The lowest BCUT2D eigenvalue weighted by atomic mass is 9.68. The summed E-state index contributed by atoms with van der Waals surface area (Å²) in [5, 5.41) is 8.31. The molecule has 0 aliphatic carbocycles. The van der Waals surface area contributed by atoms with Crippen LogP contribution in [0.4, 0.5) is 4.79 Å². The maximum Gasteiger partial charge on any atom is 0.328 e. The highest BCUT2D eigenvalue weighted by Crippen LogP contribution is 2.38. The first kappa shape index (κ1) is 28.2. The first-order valence-electron chi connectivity index (χ1n) is 13.9. The van der Waals surface area contributed by atoms with Crippen LogP contribution in [-0.2, 0) is 16.2 Å². The summed E-state index contributed by atoms with van der Waals surface area (Å²) in [5.41, 5.74) is 1.62. The van der Waals surface area contributed by atoms with Crippen LogP contribution in [0.5, 0.6) is 5.75 Å². The van der Waals surface area contributed by atoms with Gasteiger partial charge in [0.05, 0.1) is 5.52 Å². The number of ether oxygens (including phenoxy) is 1. The molecule has 0 spiro atoms. The van der Waals surface area contributed by atoms with E-state index in [1.165, 1.54) is 0 Å². The van der Waals surface area contributed by atoms with Gasteiger partial charge in [-0.05, 0) is 89.0 Å². The Morgan fingerprint density at radius 3 is 2.37 bits per heavy atom. The lowest BCUT2D eigenvalue weighted by Crippen LogP contribution is -2.69. The van der Waals surface area contributed by atoms with Crippen molar-refractivity contribution in [3.8, 4) is 5.75 Å². The minimum absolute atomic E-state index is 0.212. The van der Waals surface area contributed by atoms with Gasteiger partial charge in [-0.25, -0.2) is 4.79 Å². The first-order chi connectivity index (χ1) is 19.7. The molecule has 0 radical (unpaired) electrons. The monoisotopic (exact) mass is 557 g/mol. The van der Waals surface area contributed by atoms with E-state index in [0.717, 1.165) is 35.2 Å². The Morgan fingerprint density at radius 1 is 1.05 bits per heavy atom. The lowest BCUT2D eigenvalue weighted by Gasteiger charge is -2.44. The van der Waals surface area contributed by atoms with Gasteiger partial charge in [0, 0.05) is 34.8 Å². The highest BCUT2D eigenvalue weighted by atomic mass is 16.5. The Bertz CT molecular complexity index is 1460. The number of rotatable bonds is 8. The number of pyridine rings is 1. The summed E-state index contributed by atoms with van der Waals surface area (Å²) >= 11 is 0. The number of para-hydroxylation sites is 1. The molecule has 5 amide bonds. The van der Waals surface area contributed by atoms with E-state index in [2.05, 4.69) is 39.7 Å². The van der Waals surface area contributed by atoms with E-state index >= 15 is 0 Å². The van der Waals surface area contributed by atoms with Crippen molar-refractivity contribution in [1.82, 2.24) is 25.8 Å². The molecule has 2 aromatic carbocycles. The Morgan fingerprint density at radius 2 is 1.71 bits per heavy atom. The van der Waals surface area contributed by atoms with Gasteiger partial charge < -0.3 is 15.0 Å². The number of nitrogens with one attached hydrogen (secondary N) is 3. The Balaban J connectivity index is 1.26. The van der Waals surface area contributed by atoms with Crippen molar-refractivity contribution in [2.75, 3.05) is 19.6 Å². The van der Waals surface area contributed by atoms with Gasteiger partial charge in [-0.3, -0.25) is 30.0 Å². The van der Waals surface area contributed by atoms with Gasteiger partial charge in [0.15, 0.2) is 0 Å². The molecule has 10 nitrogen and oxygen atoms in total. The maximum absolute atomic E-state index is 13.2. The zero-order valence-corrected chi connectivity index (χ0v) is 23.5. The van der Waals surface area contributed by atoms with Crippen molar-refractivity contribution in [3.63, 3.8) is 0 Å². The molecule has 0 bridgehead atoms. The fraction of sp³-hybridized carbons (Fsp3) is 0.387. The van der Waals surface area contributed by atoms with E-state index in [-0.39, 0.29) is 12.5 Å². The van der Waals surface area contributed by atoms with Crippen LogP contribution >= 0.6 is 0 Å². The number of benzene rings is 2. The van der Waals surface area contributed by atoms with Crippen molar-refractivity contribution in [1.29, 1.82) is 0 Å². The van der Waals surface area contributed by atoms with Gasteiger partial charge in [0.25, 0.3) is 5.91 Å². The molecule has 214 valence electrons. The fourth-order valence-corrected chi connectivity index (χ4v) is 5.85. The molecule has 2 aliphatic heterocycles. The molecule has 3 N–H and O–H groups in total. The third kappa shape index (κ3) is 5.78. The summed E-state index contributed by atoms with van der Waals surface area (Å²) in [6.45, 7) is 7.74. The number of amides is 5. The number of carbonyl (C=O) groups excluding carboxylic acids is 4. The molecule has 3 heterocycles. The van der Waals surface area contributed by atoms with Crippen molar-refractivity contribution in [3.05, 3.63) is 71.4 Å². The third-order valence-corrected chi connectivity index (χ3v) is 8.19. The minimum atomic E-state index is -1.57. The summed E-state index contributed by atoms with van der Waals surface area (Å²) in [7, 11) is 0. The molecule has 5 rings (SSSR count).